The molecule has 0 spiro atoms. The molecule has 5 nitrogen and oxygen atoms in total. The van der Waals surface area contributed by atoms with E-state index >= 15 is 0 Å². The van der Waals surface area contributed by atoms with Gasteiger partial charge in [-0.3, -0.25) is 0 Å². The summed E-state index contributed by atoms with van der Waals surface area (Å²) >= 11 is 0. The van der Waals surface area contributed by atoms with E-state index in [1.54, 1.807) is 19.1 Å². The molecule has 1 atom stereocenters. The van der Waals surface area contributed by atoms with Crippen molar-refractivity contribution < 1.29 is 14.0 Å². The van der Waals surface area contributed by atoms with Gasteiger partial charge in [0.1, 0.15) is 11.9 Å². The van der Waals surface area contributed by atoms with Crippen LogP contribution < -0.4 is 5.73 Å². The molecule has 0 saturated carbocycles. The second kappa shape index (κ2) is 4.60. The van der Waals surface area contributed by atoms with Crippen molar-refractivity contribution in [1.29, 1.82) is 0 Å². The number of nitrogens with zero attached hydrogens (tertiary/aromatic N) is 2. The van der Waals surface area contributed by atoms with Crippen LogP contribution in [-0.2, 0) is 0 Å². The van der Waals surface area contributed by atoms with Crippen LogP contribution in [0.15, 0.2) is 22.7 Å². The summed E-state index contributed by atoms with van der Waals surface area (Å²) in [5.74, 6) is 0.0478. The summed E-state index contributed by atoms with van der Waals surface area (Å²) in [6.45, 7) is 1.38. The van der Waals surface area contributed by atoms with E-state index in [1.807, 2.05) is 0 Å². The van der Waals surface area contributed by atoms with Gasteiger partial charge in [0.25, 0.3) is 0 Å². The van der Waals surface area contributed by atoms with Crippen molar-refractivity contribution in [3.05, 3.63) is 35.5 Å². The Balaban J connectivity index is 2.33. The van der Waals surface area contributed by atoms with Crippen molar-refractivity contribution in [1.82, 2.24) is 10.1 Å². The van der Waals surface area contributed by atoms with Crippen LogP contribution in [0.25, 0.3) is 11.4 Å². The van der Waals surface area contributed by atoms with Gasteiger partial charge in [-0.15, -0.1) is 0 Å². The first-order chi connectivity index (χ1) is 8.11. The normalized spacial score (nSPS) is 12.7. The molecule has 0 saturated heterocycles. The van der Waals surface area contributed by atoms with E-state index in [0.29, 0.717) is 11.1 Å². The topological polar surface area (TPSA) is 85.2 Å². The summed E-state index contributed by atoms with van der Waals surface area (Å²) in [5, 5.41) is 12.5. The fourth-order valence-corrected chi connectivity index (χ4v) is 1.31. The zero-order valence-electron chi connectivity index (χ0n) is 9.22. The van der Waals surface area contributed by atoms with Crippen molar-refractivity contribution >= 4 is 0 Å². The third-order valence-corrected chi connectivity index (χ3v) is 2.39. The number of halogens is 1. The highest BCUT2D eigenvalue weighted by Crippen LogP contribution is 2.20. The molecule has 90 valence electrons. The summed E-state index contributed by atoms with van der Waals surface area (Å²) in [6.07, 6.45) is 0. The number of aromatic nitrogens is 2. The number of aliphatic hydroxyl groups is 1. The molecule has 2 rings (SSSR count). The van der Waals surface area contributed by atoms with E-state index in [1.165, 1.54) is 6.07 Å². The number of nitrogens with two attached hydrogens (primary N) is 1. The maximum atomic E-state index is 13.3. The lowest BCUT2D eigenvalue weighted by molar-refractivity contribution is 0.237. The van der Waals surface area contributed by atoms with Crippen LogP contribution in [0, 0.1) is 12.7 Å². The smallest absolute Gasteiger partial charge is 0.246 e. The number of aryl methyl sites for hydroxylation is 1. The van der Waals surface area contributed by atoms with E-state index in [-0.39, 0.29) is 24.1 Å². The number of hydrogen-bond donors (Lipinski definition) is 2. The van der Waals surface area contributed by atoms with E-state index in [4.69, 9.17) is 15.4 Å². The van der Waals surface area contributed by atoms with Crippen molar-refractivity contribution in [3.63, 3.8) is 0 Å². The summed E-state index contributed by atoms with van der Waals surface area (Å²) in [4.78, 5) is 3.99. The molecular formula is C11H12FN3O2. The molecule has 1 unspecified atom stereocenters. The second-order valence-corrected chi connectivity index (χ2v) is 3.71. The summed E-state index contributed by atoms with van der Waals surface area (Å²) < 4.78 is 18.2. The third kappa shape index (κ3) is 2.32. The molecule has 2 aromatic rings. The molecule has 1 aromatic carbocycles. The molecule has 0 radical (unpaired) electrons. The number of aliphatic hydroxyl groups excluding tert-OH is 1. The van der Waals surface area contributed by atoms with Gasteiger partial charge >= 0.3 is 0 Å². The molecule has 0 fully saturated rings. The van der Waals surface area contributed by atoms with Crippen molar-refractivity contribution in [2.24, 2.45) is 5.73 Å². The lowest BCUT2D eigenvalue weighted by atomic mass is 10.1. The van der Waals surface area contributed by atoms with Gasteiger partial charge in [-0.05, 0) is 18.6 Å². The van der Waals surface area contributed by atoms with Crippen LogP contribution in [0.2, 0.25) is 0 Å². The van der Waals surface area contributed by atoms with Crippen molar-refractivity contribution in [3.8, 4) is 11.4 Å². The van der Waals surface area contributed by atoms with Gasteiger partial charge in [0, 0.05) is 5.56 Å². The molecule has 0 amide bonds. The highest BCUT2D eigenvalue weighted by molar-refractivity contribution is 5.54. The Labute approximate surface area is 97.1 Å². The van der Waals surface area contributed by atoms with Crippen LogP contribution in [0.3, 0.4) is 0 Å². The molecule has 0 aliphatic heterocycles. The number of benzene rings is 1. The predicted molar refractivity (Wildman–Crippen MR) is 58.4 cm³/mol. The number of hydrogen-bond acceptors (Lipinski definition) is 5. The average molecular weight is 237 g/mol. The highest BCUT2D eigenvalue weighted by Gasteiger charge is 2.15. The van der Waals surface area contributed by atoms with Gasteiger partial charge in [0.15, 0.2) is 0 Å². The van der Waals surface area contributed by atoms with Crippen LogP contribution in [0.4, 0.5) is 4.39 Å². The van der Waals surface area contributed by atoms with E-state index in [0.717, 1.165) is 0 Å². The van der Waals surface area contributed by atoms with Crippen LogP contribution in [0.5, 0.6) is 0 Å². The van der Waals surface area contributed by atoms with E-state index < -0.39 is 6.04 Å². The Morgan fingerprint density at radius 2 is 2.29 bits per heavy atom. The zero-order chi connectivity index (χ0) is 12.4. The summed E-state index contributed by atoms with van der Waals surface area (Å²) in [5.41, 5.74) is 6.57. The fourth-order valence-electron chi connectivity index (χ4n) is 1.31. The maximum absolute atomic E-state index is 13.3. The summed E-state index contributed by atoms with van der Waals surface area (Å²) in [6, 6.07) is 3.94. The molecule has 0 aliphatic rings. The molecule has 17 heavy (non-hydrogen) atoms. The first-order valence-electron chi connectivity index (χ1n) is 5.08. The highest BCUT2D eigenvalue weighted by atomic mass is 19.1. The maximum Gasteiger partial charge on any atom is 0.246 e. The minimum absolute atomic E-state index is 0.128. The molecule has 1 heterocycles. The lowest BCUT2D eigenvalue weighted by Crippen LogP contribution is -2.14. The van der Waals surface area contributed by atoms with Gasteiger partial charge in [0.05, 0.1) is 6.61 Å². The molecule has 1 aromatic heterocycles. The van der Waals surface area contributed by atoms with Gasteiger partial charge < -0.3 is 15.4 Å². The Bertz CT molecular complexity index is 527. The van der Waals surface area contributed by atoms with Crippen LogP contribution in [-0.4, -0.2) is 21.9 Å². The number of rotatable bonds is 3. The summed E-state index contributed by atoms with van der Waals surface area (Å²) in [7, 11) is 0. The van der Waals surface area contributed by atoms with Gasteiger partial charge in [-0.25, -0.2) is 4.39 Å². The van der Waals surface area contributed by atoms with E-state index in [2.05, 4.69) is 10.1 Å². The first-order valence-corrected chi connectivity index (χ1v) is 5.08. The Morgan fingerprint density at radius 3 is 2.94 bits per heavy atom. The van der Waals surface area contributed by atoms with Gasteiger partial charge in [-0.2, -0.15) is 4.98 Å². The third-order valence-electron chi connectivity index (χ3n) is 2.39. The lowest BCUT2D eigenvalue weighted by Gasteiger charge is -1.99. The van der Waals surface area contributed by atoms with Crippen molar-refractivity contribution in [2.45, 2.75) is 13.0 Å². The molecule has 6 heteroatoms. The fraction of sp³-hybridized carbons (Fsp3) is 0.273. The Hall–Kier alpha value is -1.79. The zero-order valence-corrected chi connectivity index (χ0v) is 9.22. The minimum atomic E-state index is -0.716. The first kappa shape index (κ1) is 11.7. The van der Waals surface area contributed by atoms with Crippen molar-refractivity contribution in [2.75, 3.05) is 6.61 Å². The van der Waals surface area contributed by atoms with Crippen LogP contribution in [0.1, 0.15) is 17.5 Å². The SMILES string of the molecule is Cc1ccc(-c2noc(C(N)CO)n2)cc1F. The Morgan fingerprint density at radius 1 is 1.53 bits per heavy atom. The standard InChI is InChI=1S/C11H12FN3O2/c1-6-2-3-7(4-8(6)12)10-14-11(17-15-10)9(13)5-16/h2-4,9,16H,5,13H2,1H3. The largest absolute Gasteiger partial charge is 0.394 e. The molecule has 3 N–H and O–H groups in total. The molecular weight excluding hydrogens is 225 g/mol. The predicted octanol–water partition coefficient (Wildman–Crippen LogP) is 1.18. The quantitative estimate of drug-likeness (QED) is 0.837. The second-order valence-electron chi connectivity index (χ2n) is 3.71. The van der Waals surface area contributed by atoms with Gasteiger partial charge in [0.2, 0.25) is 11.7 Å². The Kier molecular flexibility index (Phi) is 3.16. The molecule has 0 aliphatic carbocycles. The minimum Gasteiger partial charge on any atom is -0.394 e. The monoisotopic (exact) mass is 237 g/mol. The average Bonchev–Trinajstić information content (AvgIpc) is 2.81. The van der Waals surface area contributed by atoms with E-state index in [9.17, 15) is 4.39 Å². The van der Waals surface area contributed by atoms with Crippen LogP contribution >= 0.6 is 0 Å². The molecule has 0 bridgehead atoms. The van der Waals surface area contributed by atoms with Gasteiger partial charge in [-0.1, -0.05) is 17.3 Å².